The van der Waals surface area contributed by atoms with E-state index in [4.69, 9.17) is 14.2 Å². The maximum absolute atomic E-state index is 11.5. The zero-order valence-corrected chi connectivity index (χ0v) is 14.6. The van der Waals surface area contributed by atoms with Crippen molar-refractivity contribution in [2.75, 3.05) is 13.2 Å². The first-order valence-electron chi connectivity index (χ1n) is 8.73. The molecule has 8 N–H and O–H groups in total. The van der Waals surface area contributed by atoms with Crippen LogP contribution in [0.3, 0.4) is 0 Å². The molecule has 3 aliphatic rings. The third-order valence-corrected chi connectivity index (χ3v) is 5.50. The molecule has 12 heteroatoms. The Bertz CT molecular complexity index is 608. The van der Waals surface area contributed by atoms with Crippen LogP contribution in [0, 0.1) is 17.8 Å². The van der Waals surface area contributed by atoms with Crippen molar-refractivity contribution in [1.82, 2.24) is 0 Å². The number of carboxylic acid groups (broad SMARTS) is 1. The van der Waals surface area contributed by atoms with Gasteiger partial charge >= 0.3 is 5.97 Å². The van der Waals surface area contributed by atoms with Crippen molar-refractivity contribution in [3.8, 4) is 0 Å². The van der Waals surface area contributed by atoms with E-state index in [0.29, 0.717) is 0 Å². The van der Waals surface area contributed by atoms with Gasteiger partial charge in [0.05, 0.1) is 19.3 Å². The quantitative estimate of drug-likeness (QED) is 0.203. The molecule has 0 aromatic carbocycles. The molecular weight excluding hydrogens is 384 g/mol. The van der Waals surface area contributed by atoms with Gasteiger partial charge in [0.15, 0.2) is 18.9 Å². The van der Waals surface area contributed by atoms with Crippen molar-refractivity contribution in [2.24, 2.45) is 17.8 Å². The molecule has 0 aromatic heterocycles. The number of hydrogen-bond donors (Lipinski definition) is 8. The molecule has 0 bridgehead atoms. The van der Waals surface area contributed by atoms with Gasteiger partial charge in [0.1, 0.15) is 30.3 Å². The van der Waals surface area contributed by atoms with Crippen molar-refractivity contribution in [2.45, 2.75) is 49.4 Å². The van der Waals surface area contributed by atoms with Gasteiger partial charge in [-0.15, -0.1) is 0 Å². The molecule has 12 nitrogen and oxygen atoms in total. The van der Waals surface area contributed by atoms with Crippen LogP contribution in [0.2, 0.25) is 0 Å². The Balaban J connectivity index is 1.85. The zero-order chi connectivity index (χ0) is 20.7. The van der Waals surface area contributed by atoms with Gasteiger partial charge in [-0.05, 0) is 5.57 Å². The van der Waals surface area contributed by atoms with E-state index >= 15 is 0 Å². The second-order valence-electron chi connectivity index (χ2n) is 7.09. The number of carboxylic acids is 1. The number of aliphatic hydroxyl groups excluding tert-OH is 7. The summed E-state index contributed by atoms with van der Waals surface area (Å²) in [6, 6.07) is 0. The van der Waals surface area contributed by atoms with Crippen molar-refractivity contribution >= 4 is 5.97 Å². The molecule has 160 valence electrons. The predicted molar refractivity (Wildman–Crippen MR) is 85.0 cm³/mol. The van der Waals surface area contributed by atoms with Crippen molar-refractivity contribution in [3.05, 3.63) is 11.6 Å². The minimum absolute atomic E-state index is 0.213. The molecule has 2 saturated heterocycles. The van der Waals surface area contributed by atoms with E-state index in [2.05, 4.69) is 0 Å². The minimum Gasteiger partial charge on any atom is -0.481 e. The highest BCUT2D eigenvalue weighted by atomic mass is 16.8. The molecule has 1 aliphatic carbocycles. The summed E-state index contributed by atoms with van der Waals surface area (Å²) in [6.07, 6.45) is -11.3. The summed E-state index contributed by atoms with van der Waals surface area (Å²) in [7, 11) is 0. The van der Waals surface area contributed by atoms with Crippen LogP contribution >= 0.6 is 0 Å². The Morgan fingerprint density at radius 3 is 2.25 bits per heavy atom. The van der Waals surface area contributed by atoms with Crippen LogP contribution < -0.4 is 0 Å². The maximum Gasteiger partial charge on any atom is 0.312 e. The fourth-order valence-corrected chi connectivity index (χ4v) is 4.06. The topological polar surface area (TPSA) is 207 Å². The number of rotatable bonds is 5. The van der Waals surface area contributed by atoms with Crippen LogP contribution in [0.5, 0.6) is 0 Å². The smallest absolute Gasteiger partial charge is 0.312 e. The summed E-state index contributed by atoms with van der Waals surface area (Å²) in [4.78, 5) is 11.5. The van der Waals surface area contributed by atoms with Crippen molar-refractivity contribution in [1.29, 1.82) is 0 Å². The summed E-state index contributed by atoms with van der Waals surface area (Å²) in [5.74, 6) is -4.99. The van der Waals surface area contributed by atoms with Gasteiger partial charge in [-0.25, -0.2) is 0 Å². The van der Waals surface area contributed by atoms with Crippen LogP contribution in [0.25, 0.3) is 0 Å². The minimum atomic E-state index is -1.87. The molecule has 0 aromatic rings. The van der Waals surface area contributed by atoms with Crippen LogP contribution in [0.1, 0.15) is 0 Å². The summed E-state index contributed by atoms with van der Waals surface area (Å²) < 4.78 is 16.0. The maximum atomic E-state index is 11.5. The van der Waals surface area contributed by atoms with Crippen molar-refractivity contribution < 1.29 is 59.9 Å². The highest BCUT2D eigenvalue weighted by molar-refractivity contribution is 5.71. The first-order valence-corrected chi connectivity index (χ1v) is 8.73. The predicted octanol–water partition coefficient (Wildman–Crippen LogP) is -4.30. The summed E-state index contributed by atoms with van der Waals surface area (Å²) in [6.45, 7) is -1.23. The molecular formula is C16H24O12. The number of ether oxygens (including phenoxy) is 3. The Morgan fingerprint density at radius 1 is 1.00 bits per heavy atom. The summed E-state index contributed by atoms with van der Waals surface area (Å²) in [5.41, 5.74) is 0.213. The largest absolute Gasteiger partial charge is 0.481 e. The van der Waals surface area contributed by atoms with Crippen molar-refractivity contribution in [3.63, 3.8) is 0 Å². The molecule has 3 rings (SSSR count). The van der Waals surface area contributed by atoms with Gasteiger partial charge < -0.3 is 55.1 Å². The van der Waals surface area contributed by atoms with Gasteiger partial charge in [-0.1, -0.05) is 6.08 Å². The normalized spacial score (nSPS) is 48.8. The van der Waals surface area contributed by atoms with Gasteiger partial charge in [-0.2, -0.15) is 0 Å². The first-order chi connectivity index (χ1) is 13.2. The number of hydrogen-bond acceptors (Lipinski definition) is 11. The third-order valence-electron chi connectivity index (χ3n) is 5.50. The monoisotopic (exact) mass is 408 g/mol. The SMILES string of the molecule is O=C(O)[C@@H]1[C@@H]2[C@@H](C(CO)=C[C@@H]2O)[C@H](O[C@@H]2O[C@H](CO)[C@@H](O)[C@H](O)[C@H]2O)O[C@@H]1O. The Labute approximate surface area is 158 Å². The molecule has 11 atom stereocenters. The van der Waals surface area contributed by atoms with E-state index in [1.807, 2.05) is 0 Å². The molecule has 0 unspecified atom stereocenters. The number of aliphatic hydroxyl groups is 7. The van der Waals surface area contributed by atoms with E-state index in [9.17, 15) is 45.6 Å². The van der Waals surface area contributed by atoms with Crippen LogP contribution in [0.4, 0.5) is 0 Å². The molecule has 2 aliphatic heterocycles. The number of carbonyl (C=O) groups is 1. The lowest BCUT2D eigenvalue weighted by molar-refractivity contribution is -0.376. The van der Waals surface area contributed by atoms with Crippen LogP contribution in [-0.2, 0) is 19.0 Å². The first kappa shape index (κ1) is 21.5. The lowest BCUT2D eigenvalue weighted by Crippen LogP contribution is -2.61. The Kier molecular flexibility index (Phi) is 6.36. The van der Waals surface area contributed by atoms with Gasteiger partial charge in [0.2, 0.25) is 0 Å². The average molecular weight is 408 g/mol. The van der Waals surface area contributed by atoms with E-state index in [1.165, 1.54) is 6.08 Å². The molecule has 28 heavy (non-hydrogen) atoms. The number of fused-ring (bicyclic) bond motifs is 1. The van der Waals surface area contributed by atoms with Gasteiger partial charge in [-0.3, -0.25) is 4.79 Å². The molecule has 0 radical (unpaired) electrons. The van der Waals surface area contributed by atoms with E-state index in [0.717, 1.165) is 0 Å². The highest BCUT2D eigenvalue weighted by Crippen LogP contribution is 2.46. The standard InChI is InChI=1S/C16H24O12/c17-2-4-1-5(19)8-7(4)15(27-14(25)9(8)13(23)24)28-16-12(22)11(21)10(20)6(3-18)26-16/h1,5-12,14-22,25H,2-3H2,(H,23,24)/t5-,6+,7+,8-,9-,10+,11-,12+,14-,15-,16-/m0/s1. The Morgan fingerprint density at radius 2 is 1.68 bits per heavy atom. The van der Waals surface area contributed by atoms with E-state index in [-0.39, 0.29) is 5.57 Å². The molecule has 0 saturated carbocycles. The Hall–Kier alpha value is -1.19. The fourth-order valence-electron chi connectivity index (χ4n) is 4.06. The van der Waals surface area contributed by atoms with E-state index in [1.54, 1.807) is 0 Å². The average Bonchev–Trinajstić information content (AvgIpc) is 2.98. The summed E-state index contributed by atoms with van der Waals surface area (Å²) >= 11 is 0. The third kappa shape index (κ3) is 3.57. The van der Waals surface area contributed by atoms with Gasteiger partial charge in [0, 0.05) is 11.8 Å². The summed E-state index contributed by atoms with van der Waals surface area (Å²) in [5, 5.41) is 78.3. The fraction of sp³-hybridized carbons (Fsp3) is 0.812. The second kappa shape index (κ2) is 8.28. The lowest BCUT2D eigenvalue weighted by Gasteiger charge is -2.46. The second-order valence-corrected chi connectivity index (χ2v) is 7.09. The van der Waals surface area contributed by atoms with E-state index < -0.39 is 86.3 Å². The zero-order valence-electron chi connectivity index (χ0n) is 14.6. The molecule has 2 fully saturated rings. The van der Waals surface area contributed by atoms with Crippen LogP contribution in [-0.4, -0.2) is 109 Å². The highest BCUT2D eigenvalue weighted by Gasteiger charge is 2.57. The lowest BCUT2D eigenvalue weighted by atomic mass is 9.77. The number of aliphatic carboxylic acids is 1. The van der Waals surface area contributed by atoms with Gasteiger partial charge in [0.25, 0.3) is 0 Å². The molecule has 0 spiro atoms. The molecule has 2 heterocycles. The van der Waals surface area contributed by atoms with Crippen LogP contribution in [0.15, 0.2) is 11.6 Å². The molecule has 0 amide bonds.